The smallest absolute Gasteiger partial charge is 0.142 e. The van der Waals surface area contributed by atoms with Gasteiger partial charge in [-0.3, -0.25) is 0 Å². The van der Waals surface area contributed by atoms with Crippen LogP contribution in [0.4, 0.5) is 10.1 Å². The van der Waals surface area contributed by atoms with Crippen molar-refractivity contribution in [1.29, 1.82) is 0 Å². The predicted molar refractivity (Wildman–Crippen MR) is 76.4 cm³/mol. The number of benzene rings is 2. The van der Waals surface area contributed by atoms with Crippen LogP contribution >= 0.6 is 11.6 Å². The van der Waals surface area contributed by atoms with Crippen molar-refractivity contribution in [3.05, 3.63) is 58.9 Å². The van der Waals surface area contributed by atoms with Crippen molar-refractivity contribution in [1.82, 2.24) is 0 Å². The molecular weight excluding hydrogens is 265 g/mol. The van der Waals surface area contributed by atoms with E-state index in [9.17, 15) is 4.39 Å². The van der Waals surface area contributed by atoms with Gasteiger partial charge < -0.3 is 10.1 Å². The first-order chi connectivity index (χ1) is 9.10. The number of halogens is 2. The van der Waals surface area contributed by atoms with Crippen LogP contribution in [0.15, 0.2) is 42.5 Å². The molecule has 0 radical (unpaired) electrons. The maximum Gasteiger partial charge on any atom is 0.142 e. The van der Waals surface area contributed by atoms with Gasteiger partial charge in [0.25, 0.3) is 0 Å². The van der Waals surface area contributed by atoms with Crippen LogP contribution in [0.3, 0.4) is 0 Å². The third-order valence-corrected chi connectivity index (χ3v) is 3.22. The molecule has 19 heavy (non-hydrogen) atoms. The SMILES string of the molecule is COc1ccc(NC(C)c2ccc(Cl)c(F)c2)cc1. The average Bonchev–Trinajstić information content (AvgIpc) is 2.42. The molecule has 2 aromatic carbocycles. The summed E-state index contributed by atoms with van der Waals surface area (Å²) in [4.78, 5) is 0. The van der Waals surface area contributed by atoms with Crippen molar-refractivity contribution < 1.29 is 9.13 Å². The van der Waals surface area contributed by atoms with E-state index in [-0.39, 0.29) is 11.1 Å². The number of hydrogen-bond donors (Lipinski definition) is 1. The predicted octanol–water partition coefficient (Wildman–Crippen LogP) is 4.66. The number of hydrogen-bond acceptors (Lipinski definition) is 2. The van der Waals surface area contributed by atoms with Crippen molar-refractivity contribution in [2.45, 2.75) is 13.0 Å². The average molecular weight is 280 g/mol. The Hall–Kier alpha value is -1.74. The minimum absolute atomic E-state index is 0.0137. The summed E-state index contributed by atoms with van der Waals surface area (Å²) in [6.07, 6.45) is 0. The molecule has 0 bridgehead atoms. The van der Waals surface area contributed by atoms with E-state index in [1.165, 1.54) is 6.07 Å². The van der Waals surface area contributed by atoms with Gasteiger partial charge in [-0.1, -0.05) is 17.7 Å². The lowest BCUT2D eigenvalue weighted by Crippen LogP contribution is -2.06. The number of anilines is 1. The first kappa shape index (κ1) is 13.7. The van der Waals surface area contributed by atoms with E-state index >= 15 is 0 Å². The molecule has 2 rings (SSSR count). The van der Waals surface area contributed by atoms with Gasteiger partial charge in [-0.15, -0.1) is 0 Å². The standard InChI is InChI=1S/C15H15ClFNO/c1-10(11-3-8-14(16)15(17)9-11)18-12-4-6-13(19-2)7-5-12/h3-10,18H,1-2H3. The van der Waals surface area contributed by atoms with Crippen LogP contribution < -0.4 is 10.1 Å². The number of methoxy groups -OCH3 is 1. The molecule has 0 amide bonds. The lowest BCUT2D eigenvalue weighted by atomic mass is 10.1. The van der Waals surface area contributed by atoms with Crippen LogP contribution in [0.25, 0.3) is 0 Å². The van der Waals surface area contributed by atoms with Crippen LogP contribution in [0.2, 0.25) is 5.02 Å². The van der Waals surface area contributed by atoms with Gasteiger partial charge in [0.1, 0.15) is 11.6 Å². The van der Waals surface area contributed by atoms with Crippen LogP contribution in [0, 0.1) is 5.82 Å². The number of ether oxygens (including phenoxy) is 1. The highest BCUT2D eigenvalue weighted by atomic mass is 35.5. The zero-order chi connectivity index (χ0) is 13.8. The van der Waals surface area contributed by atoms with Crippen molar-refractivity contribution >= 4 is 17.3 Å². The second kappa shape index (κ2) is 5.93. The molecule has 1 N–H and O–H groups in total. The fourth-order valence-electron chi connectivity index (χ4n) is 1.80. The summed E-state index contributed by atoms with van der Waals surface area (Å²) in [5.41, 5.74) is 1.79. The largest absolute Gasteiger partial charge is 0.497 e. The third-order valence-electron chi connectivity index (χ3n) is 2.92. The zero-order valence-corrected chi connectivity index (χ0v) is 11.5. The molecule has 0 heterocycles. The molecule has 0 aliphatic rings. The lowest BCUT2D eigenvalue weighted by Gasteiger charge is -2.16. The van der Waals surface area contributed by atoms with Crippen LogP contribution in [-0.4, -0.2) is 7.11 Å². The van der Waals surface area contributed by atoms with Crippen molar-refractivity contribution in [3.63, 3.8) is 0 Å². The second-order valence-corrected chi connectivity index (χ2v) is 4.68. The maximum atomic E-state index is 13.4. The van der Waals surface area contributed by atoms with Crippen molar-refractivity contribution in [2.75, 3.05) is 12.4 Å². The molecule has 4 heteroatoms. The highest BCUT2D eigenvalue weighted by Gasteiger charge is 2.08. The van der Waals surface area contributed by atoms with Crippen LogP contribution in [0.5, 0.6) is 5.75 Å². The third kappa shape index (κ3) is 3.38. The van der Waals surface area contributed by atoms with Gasteiger partial charge in [-0.2, -0.15) is 0 Å². The molecule has 0 saturated carbocycles. The Morgan fingerprint density at radius 3 is 2.42 bits per heavy atom. The fourth-order valence-corrected chi connectivity index (χ4v) is 1.92. The summed E-state index contributed by atoms with van der Waals surface area (Å²) in [6, 6.07) is 12.4. The van der Waals surface area contributed by atoms with E-state index in [1.54, 1.807) is 13.2 Å². The molecule has 0 fully saturated rings. The van der Waals surface area contributed by atoms with Crippen LogP contribution in [0.1, 0.15) is 18.5 Å². The minimum Gasteiger partial charge on any atom is -0.497 e. The van der Waals surface area contributed by atoms with Gasteiger partial charge in [-0.05, 0) is 48.9 Å². The zero-order valence-electron chi connectivity index (χ0n) is 10.8. The topological polar surface area (TPSA) is 21.3 Å². The fraction of sp³-hybridized carbons (Fsp3) is 0.200. The molecule has 100 valence electrons. The summed E-state index contributed by atoms with van der Waals surface area (Å²) in [7, 11) is 1.63. The number of rotatable bonds is 4. The van der Waals surface area contributed by atoms with Crippen LogP contribution in [-0.2, 0) is 0 Å². The van der Waals surface area contributed by atoms with Gasteiger partial charge in [-0.25, -0.2) is 4.39 Å². The Balaban J connectivity index is 2.10. The van der Waals surface area contributed by atoms with E-state index in [0.717, 1.165) is 17.0 Å². The molecule has 2 aromatic rings. The summed E-state index contributed by atoms with van der Waals surface area (Å²) >= 11 is 5.67. The molecule has 0 aliphatic carbocycles. The van der Waals surface area contributed by atoms with Gasteiger partial charge in [0.05, 0.1) is 12.1 Å². The first-order valence-corrected chi connectivity index (χ1v) is 6.33. The first-order valence-electron chi connectivity index (χ1n) is 5.95. The van der Waals surface area contributed by atoms with E-state index in [2.05, 4.69) is 5.32 Å². The normalized spacial score (nSPS) is 12.0. The van der Waals surface area contributed by atoms with E-state index in [1.807, 2.05) is 37.3 Å². The van der Waals surface area contributed by atoms with Gasteiger partial charge >= 0.3 is 0 Å². The Morgan fingerprint density at radius 1 is 1.16 bits per heavy atom. The Morgan fingerprint density at radius 2 is 1.84 bits per heavy atom. The highest BCUT2D eigenvalue weighted by molar-refractivity contribution is 6.30. The molecule has 0 aliphatic heterocycles. The van der Waals surface area contributed by atoms with Crippen molar-refractivity contribution in [2.24, 2.45) is 0 Å². The minimum atomic E-state index is -0.400. The molecule has 2 nitrogen and oxygen atoms in total. The van der Waals surface area contributed by atoms with E-state index in [4.69, 9.17) is 16.3 Å². The van der Waals surface area contributed by atoms with E-state index < -0.39 is 5.82 Å². The maximum absolute atomic E-state index is 13.4. The van der Waals surface area contributed by atoms with Gasteiger partial charge in [0.2, 0.25) is 0 Å². The van der Waals surface area contributed by atoms with Gasteiger partial charge in [0, 0.05) is 11.7 Å². The summed E-state index contributed by atoms with van der Waals surface area (Å²) in [6.45, 7) is 1.97. The van der Waals surface area contributed by atoms with Crippen molar-refractivity contribution in [3.8, 4) is 5.75 Å². The molecule has 0 saturated heterocycles. The van der Waals surface area contributed by atoms with E-state index in [0.29, 0.717) is 0 Å². The molecule has 1 unspecified atom stereocenters. The quantitative estimate of drug-likeness (QED) is 0.879. The molecular formula is C15H15ClFNO. The Labute approximate surface area is 117 Å². The molecule has 1 atom stereocenters. The molecule has 0 aromatic heterocycles. The van der Waals surface area contributed by atoms with Gasteiger partial charge in [0.15, 0.2) is 0 Å². The monoisotopic (exact) mass is 279 g/mol. The summed E-state index contributed by atoms with van der Waals surface area (Å²) < 4.78 is 18.5. The summed E-state index contributed by atoms with van der Waals surface area (Å²) in [5.74, 6) is 0.401. The number of nitrogens with one attached hydrogen (secondary N) is 1. The lowest BCUT2D eigenvalue weighted by molar-refractivity contribution is 0.415. The molecule has 0 spiro atoms. The summed E-state index contributed by atoms with van der Waals surface area (Å²) in [5, 5.41) is 3.43. The Bertz CT molecular complexity index is 557. The second-order valence-electron chi connectivity index (χ2n) is 4.27. The Kier molecular flexibility index (Phi) is 4.27. The highest BCUT2D eigenvalue weighted by Crippen LogP contribution is 2.24.